The van der Waals surface area contributed by atoms with Crippen LogP contribution in [-0.4, -0.2) is 27.2 Å². The summed E-state index contributed by atoms with van der Waals surface area (Å²) in [6, 6.07) is 16.8. The number of para-hydroxylation sites is 1. The van der Waals surface area contributed by atoms with Gasteiger partial charge in [-0.2, -0.15) is 0 Å². The molecule has 2 aromatic carbocycles. The van der Waals surface area contributed by atoms with Crippen LogP contribution < -0.4 is 4.74 Å². The fraction of sp³-hybridized carbons (Fsp3) is 0.250. The molecule has 0 aliphatic rings. The standard InChI is InChI=1S/C16H19O5P/c17-14(12-22(18,19)20)10-9-13-5-4-8-16(11-13)21-15-6-2-1-3-7-15/h1-8,11,14,17H,9-10,12H2,(H2,18,19,20)/t14-/m1/s1. The van der Waals surface area contributed by atoms with Crippen molar-refractivity contribution in [1.29, 1.82) is 0 Å². The Bertz CT molecular complexity index is 638. The number of benzene rings is 2. The van der Waals surface area contributed by atoms with Gasteiger partial charge in [0.15, 0.2) is 0 Å². The number of aliphatic hydroxyl groups is 1. The van der Waals surface area contributed by atoms with Crippen LogP contribution in [0, 0.1) is 0 Å². The molecular formula is C16H19O5P. The first-order valence-corrected chi connectivity index (χ1v) is 8.76. The zero-order valence-electron chi connectivity index (χ0n) is 12.0. The zero-order valence-corrected chi connectivity index (χ0v) is 12.9. The number of ether oxygens (including phenoxy) is 1. The molecule has 2 aromatic rings. The molecule has 3 N–H and O–H groups in total. The summed E-state index contributed by atoms with van der Waals surface area (Å²) >= 11 is 0. The van der Waals surface area contributed by atoms with Crippen LogP contribution in [0.2, 0.25) is 0 Å². The predicted octanol–water partition coefficient (Wildman–Crippen LogP) is 2.95. The van der Waals surface area contributed by atoms with Gasteiger partial charge in [-0.05, 0) is 42.7 Å². The number of aliphatic hydroxyl groups excluding tert-OH is 1. The molecule has 2 rings (SSSR count). The first-order valence-electron chi connectivity index (χ1n) is 6.97. The Morgan fingerprint density at radius 2 is 1.68 bits per heavy atom. The van der Waals surface area contributed by atoms with Gasteiger partial charge in [0.2, 0.25) is 0 Å². The molecular weight excluding hydrogens is 303 g/mol. The van der Waals surface area contributed by atoms with Crippen molar-refractivity contribution in [1.82, 2.24) is 0 Å². The van der Waals surface area contributed by atoms with Crippen LogP contribution in [0.15, 0.2) is 54.6 Å². The second kappa shape index (κ2) is 7.56. The summed E-state index contributed by atoms with van der Waals surface area (Å²) in [6.07, 6.45) is -0.709. The second-order valence-electron chi connectivity index (χ2n) is 5.10. The molecule has 0 heterocycles. The van der Waals surface area contributed by atoms with Gasteiger partial charge in [-0.3, -0.25) is 4.57 Å². The number of rotatable bonds is 7. The normalized spacial score (nSPS) is 12.9. The fourth-order valence-electron chi connectivity index (χ4n) is 2.09. The Labute approximate surface area is 129 Å². The molecule has 0 aliphatic carbocycles. The number of aryl methyl sites for hydroxylation is 1. The van der Waals surface area contributed by atoms with Crippen LogP contribution in [0.1, 0.15) is 12.0 Å². The molecule has 0 unspecified atom stereocenters. The lowest BCUT2D eigenvalue weighted by Gasteiger charge is -2.12. The van der Waals surface area contributed by atoms with E-state index in [1.54, 1.807) is 0 Å². The van der Waals surface area contributed by atoms with Crippen LogP contribution in [0.4, 0.5) is 0 Å². The number of hydrogen-bond donors (Lipinski definition) is 3. The van der Waals surface area contributed by atoms with Gasteiger partial charge in [0, 0.05) is 0 Å². The zero-order chi connectivity index (χ0) is 16.0. The van der Waals surface area contributed by atoms with Crippen LogP contribution in [0.25, 0.3) is 0 Å². The van der Waals surface area contributed by atoms with E-state index in [4.69, 9.17) is 14.5 Å². The molecule has 0 radical (unpaired) electrons. The molecule has 6 heteroatoms. The maximum absolute atomic E-state index is 10.8. The van der Waals surface area contributed by atoms with E-state index in [2.05, 4.69) is 0 Å². The van der Waals surface area contributed by atoms with Gasteiger partial charge in [-0.25, -0.2) is 0 Å². The molecule has 0 fully saturated rings. The highest BCUT2D eigenvalue weighted by atomic mass is 31.2. The van der Waals surface area contributed by atoms with Crippen LogP contribution in [0.5, 0.6) is 11.5 Å². The van der Waals surface area contributed by atoms with Gasteiger partial charge >= 0.3 is 7.60 Å². The lowest BCUT2D eigenvalue weighted by atomic mass is 10.1. The molecule has 118 valence electrons. The highest BCUT2D eigenvalue weighted by Gasteiger charge is 2.19. The van der Waals surface area contributed by atoms with Crippen molar-refractivity contribution in [3.8, 4) is 11.5 Å². The minimum atomic E-state index is -4.17. The van der Waals surface area contributed by atoms with E-state index >= 15 is 0 Å². The Balaban J connectivity index is 1.93. The first-order chi connectivity index (χ1) is 10.4. The van der Waals surface area contributed by atoms with E-state index in [1.165, 1.54) is 0 Å². The van der Waals surface area contributed by atoms with Crippen LogP contribution >= 0.6 is 7.60 Å². The molecule has 22 heavy (non-hydrogen) atoms. The summed E-state index contributed by atoms with van der Waals surface area (Å²) in [6.45, 7) is 0. The Hall–Kier alpha value is -1.65. The molecule has 0 saturated heterocycles. The summed E-state index contributed by atoms with van der Waals surface area (Å²) in [5.74, 6) is 1.43. The van der Waals surface area contributed by atoms with Crippen molar-refractivity contribution in [2.45, 2.75) is 18.9 Å². The topological polar surface area (TPSA) is 87.0 Å². The van der Waals surface area contributed by atoms with E-state index in [9.17, 15) is 9.67 Å². The highest BCUT2D eigenvalue weighted by molar-refractivity contribution is 7.51. The van der Waals surface area contributed by atoms with Crippen molar-refractivity contribution < 1.29 is 24.2 Å². The molecule has 0 aliphatic heterocycles. The molecule has 0 spiro atoms. The lowest BCUT2D eigenvalue weighted by Crippen LogP contribution is -2.13. The predicted molar refractivity (Wildman–Crippen MR) is 84.2 cm³/mol. The minimum Gasteiger partial charge on any atom is -0.457 e. The summed E-state index contributed by atoms with van der Waals surface area (Å²) in [5, 5.41) is 9.63. The van der Waals surface area contributed by atoms with Crippen molar-refractivity contribution in [2.75, 3.05) is 6.16 Å². The van der Waals surface area contributed by atoms with Crippen LogP contribution in [-0.2, 0) is 11.0 Å². The Morgan fingerprint density at radius 3 is 2.36 bits per heavy atom. The smallest absolute Gasteiger partial charge is 0.328 e. The van der Waals surface area contributed by atoms with Crippen molar-refractivity contribution in [2.24, 2.45) is 0 Å². The van der Waals surface area contributed by atoms with E-state index in [0.29, 0.717) is 18.6 Å². The van der Waals surface area contributed by atoms with Crippen molar-refractivity contribution in [3.63, 3.8) is 0 Å². The van der Waals surface area contributed by atoms with Gasteiger partial charge in [0.25, 0.3) is 0 Å². The third-order valence-electron chi connectivity index (χ3n) is 3.09. The molecule has 0 bridgehead atoms. The quantitative estimate of drug-likeness (QED) is 0.682. The van der Waals surface area contributed by atoms with E-state index in [1.807, 2.05) is 54.6 Å². The van der Waals surface area contributed by atoms with Crippen molar-refractivity contribution in [3.05, 3.63) is 60.2 Å². The van der Waals surface area contributed by atoms with E-state index in [-0.39, 0.29) is 0 Å². The highest BCUT2D eigenvalue weighted by Crippen LogP contribution is 2.35. The monoisotopic (exact) mass is 322 g/mol. The molecule has 5 nitrogen and oxygen atoms in total. The third kappa shape index (κ3) is 6.00. The number of hydrogen-bond acceptors (Lipinski definition) is 3. The molecule has 1 atom stereocenters. The second-order valence-corrected chi connectivity index (χ2v) is 6.80. The van der Waals surface area contributed by atoms with Crippen molar-refractivity contribution >= 4 is 7.60 Å². The Morgan fingerprint density at radius 1 is 1.00 bits per heavy atom. The summed E-state index contributed by atoms with van der Waals surface area (Å²) in [4.78, 5) is 17.6. The van der Waals surface area contributed by atoms with E-state index in [0.717, 1.165) is 11.3 Å². The van der Waals surface area contributed by atoms with Gasteiger partial charge in [-0.15, -0.1) is 0 Å². The van der Waals surface area contributed by atoms with Gasteiger partial charge in [-0.1, -0.05) is 30.3 Å². The third-order valence-corrected chi connectivity index (χ3v) is 3.99. The molecule has 0 saturated carbocycles. The summed E-state index contributed by atoms with van der Waals surface area (Å²) in [5.41, 5.74) is 0.943. The summed E-state index contributed by atoms with van der Waals surface area (Å²) < 4.78 is 16.5. The molecule has 0 aromatic heterocycles. The Kier molecular flexibility index (Phi) is 5.75. The minimum absolute atomic E-state index is 0.292. The lowest BCUT2D eigenvalue weighted by molar-refractivity contribution is 0.179. The van der Waals surface area contributed by atoms with Gasteiger partial charge < -0.3 is 19.6 Å². The van der Waals surface area contributed by atoms with E-state index < -0.39 is 19.9 Å². The average molecular weight is 322 g/mol. The molecule has 0 amide bonds. The maximum Gasteiger partial charge on any atom is 0.328 e. The summed E-state index contributed by atoms with van der Waals surface area (Å²) in [7, 11) is -4.17. The largest absolute Gasteiger partial charge is 0.457 e. The maximum atomic E-state index is 10.8. The SMILES string of the molecule is O=P(O)(O)C[C@H](O)CCc1cccc(Oc2ccccc2)c1. The first kappa shape index (κ1) is 16.7. The average Bonchev–Trinajstić information content (AvgIpc) is 2.45. The van der Waals surface area contributed by atoms with Gasteiger partial charge in [0.05, 0.1) is 12.3 Å². The fourth-order valence-corrected chi connectivity index (χ4v) is 2.82. The van der Waals surface area contributed by atoms with Gasteiger partial charge in [0.1, 0.15) is 11.5 Å². The van der Waals surface area contributed by atoms with Crippen LogP contribution in [0.3, 0.4) is 0 Å².